The zero-order chi connectivity index (χ0) is 16.6. The summed E-state index contributed by atoms with van der Waals surface area (Å²) in [5.41, 5.74) is -0.586. The van der Waals surface area contributed by atoms with Crippen LogP contribution in [0.5, 0.6) is 0 Å². The molecule has 20 heavy (non-hydrogen) atoms. The third-order valence-corrected chi connectivity index (χ3v) is 5.40. The van der Waals surface area contributed by atoms with Crippen molar-refractivity contribution in [1.29, 1.82) is 0 Å². The summed E-state index contributed by atoms with van der Waals surface area (Å²) in [6.45, 7) is 17.1. The van der Waals surface area contributed by atoms with Gasteiger partial charge in [-0.05, 0) is 43.9 Å². The quantitative estimate of drug-likeness (QED) is 0.793. The third kappa shape index (κ3) is 5.74. The van der Waals surface area contributed by atoms with Crippen LogP contribution >= 0.6 is 0 Å². The van der Waals surface area contributed by atoms with Crippen LogP contribution in [0.3, 0.4) is 0 Å². The Morgan fingerprint density at radius 1 is 1.10 bits per heavy atom. The van der Waals surface area contributed by atoms with Crippen LogP contribution in [0.2, 0.25) is 0 Å². The Bertz CT molecular complexity index is 411. The fourth-order valence-corrected chi connectivity index (χ4v) is 4.44. The molecule has 0 spiro atoms. The zero-order valence-corrected chi connectivity index (χ0v) is 15.7. The summed E-state index contributed by atoms with van der Waals surface area (Å²) in [6.07, 6.45) is 2.06. The first-order valence-corrected chi connectivity index (χ1v) is 9.37. The Labute approximate surface area is 126 Å². The molecule has 0 aromatic carbocycles. The van der Waals surface area contributed by atoms with E-state index in [1.807, 2.05) is 25.1 Å². The first-order valence-electron chi connectivity index (χ1n) is 7.28. The van der Waals surface area contributed by atoms with Crippen molar-refractivity contribution in [2.24, 2.45) is 10.8 Å². The van der Waals surface area contributed by atoms with Gasteiger partial charge < -0.3 is 5.11 Å². The highest BCUT2D eigenvalue weighted by molar-refractivity contribution is 7.97. The Balaban J connectivity index is 5.07. The molecule has 0 aliphatic heterocycles. The number of aliphatic hydroxyl groups is 1. The molecule has 0 bridgehead atoms. The fraction of sp³-hybridized carbons (Fsp3) is 0.938. The number of nitrogens with zero attached hydrogens (tertiary/aromatic N) is 1. The number of rotatable bonds is 5. The van der Waals surface area contributed by atoms with Crippen LogP contribution < -0.4 is 0 Å². The van der Waals surface area contributed by atoms with Gasteiger partial charge in [0.05, 0.1) is 6.10 Å². The van der Waals surface area contributed by atoms with Crippen LogP contribution in [0.4, 0.5) is 0 Å². The molecule has 0 heterocycles. The van der Waals surface area contributed by atoms with E-state index < -0.39 is 15.8 Å². The highest BCUT2D eigenvalue weighted by atomic mass is 32.2. The molecule has 2 atom stereocenters. The van der Waals surface area contributed by atoms with E-state index in [0.29, 0.717) is 6.54 Å². The largest absolute Gasteiger partial charge is 0.392 e. The minimum absolute atomic E-state index is 0.159. The molecule has 0 aromatic heterocycles. The second-order valence-corrected chi connectivity index (χ2v) is 11.1. The van der Waals surface area contributed by atoms with E-state index in [4.69, 9.17) is 0 Å². The van der Waals surface area contributed by atoms with Crippen molar-refractivity contribution < 1.29 is 9.32 Å². The molecule has 0 amide bonds. The van der Waals surface area contributed by atoms with Crippen molar-refractivity contribution in [2.75, 3.05) is 12.8 Å². The maximum Gasteiger partial charge on any atom is 0.0639 e. The van der Waals surface area contributed by atoms with Gasteiger partial charge in [0.15, 0.2) is 0 Å². The molecule has 3 nitrogen and oxygen atoms in total. The summed E-state index contributed by atoms with van der Waals surface area (Å²) in [5, 5.41) is 10.5. The van der Waals surface area contributed by atoms with Crippen LogP contribution in [0, 0.1) is 10.8 Å². The lowest BCUT2D eigenvalue weighted by atomic mass is 9.71. The van der Waals surface area contributed by atoms with Gasteiger partial charge in [-0.3, -0.25) is 4.21 Å². The van der Waals surface area contributed by atoms with E-state index in [2.05, 4.69) is 40.5 Å². The Morgan fingerprint density at radius 2 is 1.50 bits per heavy atom. The van der Waals surface area contributed by atoms with Crippen LogP contribution in [-0.2, 0) is 9.71 Å². The van der Waals surface area contributed by atoms with Crippen molar-refractivity contribution in [1.82, 2.24) is 4.31 Å². The van der Waals surface area contributed by atoms with Gasteiger partial charge in [-0.1, -0.05) is 34.6 Å². The van der Waals surface area contributed by atoms with Gasteiger partial charge in [0, 0.05) is 28.0 Å². The van der Waals surface area contributed by atoms with Gasteiger partial charge in [0.2, 0.25) is 0 Å². The molecule has 0 rings (SSSR count). The molecule has 0 aliphatic carbocycles. The minimum Gasteiger partial charge on any atom is -0.392 e. The highest BCUT2D eigenvalue weighted by Crippen LogP contribution is 2.37. The van der Waals surface area contributed by atoms with E-state index in [9.17, 15) is 9.32 Å². The van der Waals surface area contributed by atoms with Gasteiger partial charge in [0.25, 0.3) is 0 Å². The smallest absolute Gasteiger partial charge is 0.0639 e. The van der Waals surface area contributed by atoms with Crippen molar-refractivity contribution >= 4 is 15.6 Å². The van der Waals surface area contributed by atoms with E-state index in [0.717, 1.165) is 6.42 Å². The molecule has 0 aromatic rings. The second kappa shape index (κ2) is 5.98. The Hall–Kier alpha value is -0.0600. The average molecular weight is 306 g/mol. The molecule has 0 saturated heterocycles. The summed E-state index contributed by atoms with van der Waals surface area (Å²) >= 11 is 0. The molecule has 122 valence electrons. The van der Waals surface area contributed by atoms with Crippen molar-refractivity contribution in [3.05, 3.63) is 0 Å². The number of hydrogen-bond acceptors (Lipinski definition) is 2. The fourth-order valence-electron chi connectivity index (χ4n) is 2.81. The zero-order valence-electron chi connectivity index (χ0n) is 14.9. The molecule has 1 N–H and O–H groups in total. The summed E-state index contributed by atoms with van der Waals surface area (Å²) in [7, 11) is -2.25. The van der Waals surface area contributed by atoms with Crippen molar-refractivity contribution in [3.63, 3.8) is 0 Å². The number of aliphatic hydroxyl groups excluding tert-OH is 1. The van der Waals surface area contributed by atoms with E-state index in [1.165, 1.54) is 0 Å². The summed E-state index contributed by atoms with van der Waals surface area (Å²) in [6, 6.07) is 0. The minimum atomic E-state index is -2.25. The Kier molecular flexibility index (Phi) is 5.96. The Morgan fingerprint density at radius 3 is 1.75 bits per heavy atom. The maximum atomic E-state index is 12.4. The lowest BCUT2D eigenvalue weighted by Crippen LogP contribution is -2.48. The van der Waals surface area contributed by atoms with Gasteiger partial charge >= 0.3 is 0 Å². The molecule has 2 unspecified atom stereocenters. The molecule has 0 aliphatic rings. The van der Waals surface area contributed by atoms with Crippen LogP contribution in [-0.4, -0.2) is 43.9 Å². The summed E-state index contributed by atoms with van der Waals surface area (Å²) in [4.78, 5) is 0. The third-order valence-electron chi connectivity index (χ3n) is 3.73. The first kappa shape index (κ1) is 19.9. The molecule has 0 radical (unpaired) electrons. The van der Waals surface area contributed by atoms with Gasteiger partial charge in [-0.2, -0.15) is 0 Å². The van der Waals surface area contributed by atoms with Gasteiger partial charge in [-0.15, -0.1) is 0 Å². The van der Waals surface area contributed by atoms with Crippen LogP contribution in [0.15, 0.2) is 0 Å². The second-order valence-electron chi connectivity index (χ2n) is 8.74. The number of hydrogen-bond donors (Lipinski definition) is 1. The van der Waals surface area contributed by atoms with E-state index in [-0.39, 0.29) is 16.4 Å². The molecule has 0 fully saturated rings. The molecule has 4 heteroatoms. The van der Waals surface area contributed by atoms with Crippen LogP contribution in [0.1, 0.15) is 61.8 Å². The van der Waals surface area contributed by atoms with Crippen molar-refractivity contribution in [2.45, 2.75) is 73.5 Å². The van der Waals surface area contributed by atoms with Crippen LogP contribution in [0.25, 0.3) is 0 Å². The average Bonchev–Trinajstić information content (AvgIpc) is 2.10. The van der Waals surface area contributed by atoms with Gasteiger partial charge in [-0.25, -0.2) is 4.31 Å². The lowest BCUT2D eigenvalue weighted by molar-refractivity contribution is -0.0391. The topological polar surface area (TPSA) is 40.5 Å². The molecular weight excluding hydrogens is 270 g/mol. The molecular formula is C16H35NO2S. The predicted octanol–water partition coefficient (Wildman–Crippen LogP) is 3.17. The normalized spacial score (nSPS) is 18.9. The summed E-state index contributed by atoms with van der Waals surface area (Å²) in [5.74, 6) is 3.82. The maximum absolute atomic E-state index is 12.4. The van der Waals surface area contributed by atoms with Gasteiger partial charge in [0.1, 0.15) is 0 Å². The standard InChI is InChI=1S/C16H35NO2S/c1-14(2,3)13(18)16(7,8)11-12-17(15(4,5)6)20(9,10)19/h13,18H,9,11-12H2,1-8,10H3. The lowest BCUT2D eigenvalue weighted by Gasteiger charge is -2.42. The van der Waals surface area contributed by atoms with Crippen molar-refractivity contribution in [3.8, 4) is 0 Å². The van der Waals surface area contributed by atoms with E-state index >= 15 is 0 Å². The SMILES string of the molecule is C=S(C)(=O)N(CCC(C)(C)C(O)C(C)(C)C)C(C)(C)C. The molecule has 0 saturated carbocycles. The first-order chi connectivity index (χ1) is 8.49. The summed E-state index contributed by atoms with van der Waals surface area (Å²) < 4.78 is 14.3. The van der Waals surface area contributed by atoms with E-state index in [1.54, 1.807) is 6.26 Å². The monoisotopic (exact) mass is 305 g/mol. The highest BCUT2D eigenvalue weighted by Gasteiger charge is 2.37. The predicted molar refractivity (Wildman–Crippen MR) is 91.5 cm³/mol.